The van der Waals surface area contributed by atoms with Gasteiger partial charge in [0.15, 0.2) is 0 Å². The van der Waals surface area contributed by atoms with Gasteiger partial charge in [-0.3, -0.25) is 4.90 Å². The second kappa shape index (κ2) is 6.21. The fourth-order valence-electron chi connectivity index (χ4n) is 2.53. The summed E-state index contributed by atoms with van der Waals surface area (Å²) in [5, 5.41) is 0. The van der Waals surface area contributed by atoms with Gasteiger partial charge < -0.3 is 14.9 Å². The second-order valence-electron chi connectivity index (χ2n) is 5.13. The Labute approximate surface area is 113 Å². The molecule has 0 unspecified atom stereocenters. The van der Waals surface area contributed by atoms with Gasteiger partial charge in [-0.1, -0.05) is 0 Å². The van der Waals surface area contributed by atoms with Crippen LogP contribution in [-0.2, 0) is 11.3 Å². The van der Waals surface area contributed by atoms with E-state index in [1.165, 1.54) is 7.11 Å². The number of methoxy groups -OCH3 is 1. The van der Waals surface area contributed by atoms with Gasteiger partial charge in [-0.05, 0) is 51.4 Å². The van der Waals surface area contributed by atoms with Crippen LogP contribution < -0.4 is 5.73 Å². The van der Waals surface area contributed by atoms with Crippen LogP contribution in [0, 0.1) is 12.8 Å². The molecule has 1 aliphatic rings. The normalized spacial score (nSPS) is 17.6. The third-order valence-electron chi connectivity index (χ3n) is 3.79. The zero-order chi connectivity index (χ0) is 13.8. The highest BCUT2D eigenvalue weighted by molar-refractivity contribution is 5.90. The maximum Gasteiger partial charge on any atom is 0.341 e. The van der Waals surface area contributed by atoms with Gasteiger partial charge in [0, 0.05) is 0 Å². The molecule has 0 aromatic carbocycles. The van der Waals surface area contributed by atoms with Crippen molar-refractivity contribution in [3.05, 3.63) is 23.2 Å². The van der Waals surface area contributed by atoms with Gasteiger partial charge in [-0.2, -0.15) is 0 Å². The molecule has 1 aromatic heterocycles. The number of carbonyl (C=O) groups is 1. The molecular weight excluding hydrogens is 244 g/mol. The molecule has 5 heteroatoms. The maximum absolute atomic E-state index is 11.5. The lowest BCUT2D eigenvalue weighted by Crippen LogP contribution is -2.35. The molecule has 106 valence electrons. The second-order valence-corrected chi connectivity index (χ2v) is 5.13. The van der Waals surface area contributed by atoms with Crippen molar-refractivity contribution in [2.24, 2.45) is 11.7 Å². The summed E-state index contributed by atoms with van der Waals surface area (Å²) in [5.74, 6) is 1.76. The van der Waals surface area contributed by atoms with Crippen LogP contribution in [0.25, 0.3) is 0 Å². The predicted molar refractivity (Wildman–Crippen MR) is 71.8 cm³/mol. The number of likely N-dealkylation sites (tertiary alicyclic amines) is 1. The third-order valence-corrected chi connectivity index (χ3v) is 3.79. The van der Waals surface area contributed by atoms with Crippen molar-refractivity contribution in [3.63, 3.8) is 0 Å². The van der Waals surface area contributed by atoms with Crippen molar-refractivity contribution in [3.8, 4) is 0 Å². The van der Waals surface area contributed by atoms with Crippen LogP contribution in [-0.4, -0.2) is 37.6 Å². The highest BCUT2D eigenvalue weighted by Crippen LogP contribution is 2.21. The first kappa shape index (κ1) is 14.1. The van der Waals surface area contributed by atoms with E-state index < -0.39 is 0 Å². The van der Waals surface area contributed by atoms with E-state index in [2.05, 4.69) is 4.90 Å². The fraction of sp³-hybridized carbons (Fsp3) is 0.643. The first-order chi connectivity index (χ1) is 9.13. The fourth-order valence-corrected chi connectivity index (χ4v) is 2.53. The van der Waals surface area contributed by atoms with Crippen molar-refractivity contribution in [1.29, 1.82) is 0 Å². The summed E-state index contributed by atoms with van der Waals surface area (Å²) < 4.78 is 10.3. The number of piperidine rings is 1. The highest BCUT2D eigenvalue weighted by atomic mass is 16.5. The summed E-state index contributed by atoms with van der Waals surface area (Å²) in [7, 11) is 1.38. The van der Waals surface area contributed by atoms with E-state index in [0.717, 1.165) is 44.8 Å². The van der Waals surface area contributed by atoms with E-state index in [4.69, 9.17) is 14.9 Å². The lowest BCUT2D eigenvalue weighted by Gasteiger charge is -2.30. The molecule has 1 aromatic rings. The number of hydrogen-bond donors (Lipinski definition) is 1. The first-order valence-corrected chi connectivity index (χ1v) is 6.74. The molecule has 2 heterocycles. The molecular formula is C14H22N2O3. The zero-order valence-electron chi connectivity index (χ0n) is 11.6. The third kappa shape index (κ3) is 3.36. The Bertz CT molecular complexity index is 434. The Morgan fingerprint density at radius 2 is 2.21 bits per heavy atom. The van der Waals surface area contributed by atoms with Crippen LogP contribution in [0.15, 0.2) is 10.5 Å². The number of nitrogens with two attached hydrogens (primary N) is 1. The number of furan rings is 1. The van der Waals surface area contributed by atoms with Gasteiger partial charge in [-0.25, -0.2) is 4.79 Å². The monoisotopic (exact) mass is 266 g/mol. The Kier molecular flexibility index (Phi) is 4.61. The van der Waals surface area contributed by atoms with Crippen molar-refractivity contribution < 1.29 is 13.9 Å². The Hall–Kier alpha value is -1.33. The SMILES string of the molecule is COC(=O)c1cc(CN2CCC(CN)CC2)oc1C. The summed E-state index contributed by atoms with van der Waals surface area (Å²) in [4.78, 5) is 13.9. The summed E-state index contributed by atoms with van der Waals surface area (Å²) >= 11 is 0. The Balaban J connectivity index is 1.95. The van der Waals surface area contributed by atoms with Gasteiger partial charge in [0.1, 0.15) is 17.1 Å². The quantitative estimate of drug-likeness (QED) is 0.837. The zero-order valence-corrected chi connectivity index (χ0v) is 11.6. The average molecular weight is 266 g/mol. The van der Waals surface area contributed by atoms with Gasteiger partial charge >= 0.3 is 5.97 Å². The lowest BCUT2D eigenvalue weighted by molar-refractivity contribution is 0.0599. The van der Waals surface area contributed by atoms with Gasteiger partial charge in [-0.15, -0.1) is 0 Å². The van der Waals surface area contributed by atoms with Gasteiger partial charge in [0.25, 0.3) is 0 Å². The first-order valence-electron chi connectivity index (χ1n) is 6.74. The summed E-state index contributed by atoms with van der Waals surface area (Å²) in [6.07, 6.45) is 2.28. The van der Waals surface area contributed by atoms with Gasteiger partial charge in [0.2, 0.25) is 0 Å². The van der Waals surface area contributed by atoms with E-state index in [0.29, 0.717) is 17.2 Å². The lowest BCUT2D eigenvalue weighted by atomic mass is 9.97. The van der Waals surface area contributed by atoms with Crippen molar-refractivity contribution in [2.45, 2.75) is 26.3 Å². The number of esters is 1. The number of ether oxygens (including phenoxy) is 1. The molecule has 0 amide bonds. The molecule has 2 rings (SSSR count). The summed E-state index contributed by atoms with van der Waals surface area (Å²) in [6.45, 7) is 5.38. The molecule has 0 bridgehead atoms. The van der Waals surface area contributed by atoms with Crippen LogP contribution in [0.3, 0.4) is 0 Å². The number of nitrogens with zero attached hydrogens (tertiary/aromatic N) is 1. The number of aryl methyl sites for hydroxylation is 1. The summed E-state index contributed by atoms with van der Waals surface area (Å²) in [6, 6.07) is 1.79. The van der Waals surface area contributed by atoms with Crippen LogP contribution in [0.1, 0.15) is 34.7 Å². The molecule has 0 radical (unpaired) electrons. The van der Waals surface area contributed by atoms with Crippen LogP contribution in [0.5, 0.6) is 0 Å². The van der Waals surface area contributed by atoms with Gasteiger partial charge in [0.05, 0.1) is 13.7 Å². The molecule has 0 atom stereocenters. The molecule has 0 spiro atoms. The maximum atomic E-state index is 11.5. The average Bonchev–Trinajstić information content (AvgIpc) is 2.79. The summed E-state index contributed by atoms with van der Waals surface area (Å²) in [5.41, 5.74) is 6.21. The minimum Gasteiger partial charge on any atom is -0.465 e. The van der Waals surface area contributed by atoms with E-state index in [1.807, 2.05) is 0 Å². The number of hydrogen-bond acceptors (Lipinski definition) is 5. The molecule has 19 heavy (non-hydrogen) atoms. The predicted octanol–water partition coefficient (Wildman–Crippen LogP) is 1.55. The molecule has 1 fully saturated rings. The van der Waals surface area contributed by atoms with Crippen LogP contribution in [0.2, 0.25) is 0 Å². The van der Waals surface area contributed by atoms with Crippen molar-refractivity contribution in [2.75, 3.05) is 26.7 Å². The van der Waals surface area contributed by atoms with Crippen molar-refractivity contribution in [1.82, 2.24) is 4.90 Å². The largest absolute Gasteiger partial charge is 0.465 e. The Morgan fingerprint density at radius 3 is 2.79 bits per heavy atom. The van der Waals surface area contributed by atoms with Crippen LogP contribution in [0.4, 0.5) is 0 Å². The van der Waals surface area contributed by atoms with Crippen molar-refractivity contribution >= 4 is 5.97 Å². The number of rotatable bonds is 4. The topological polar surface area (TPSA) is 68.7 Å². The molecule has 2 N–H and O–H groups in total. The van der Waals surface area contributed by atoms with Crippen LogP contribution >= 0.6 is 0 Å². The van der Waals surface area contributed by atoms with E-state index in [9.17, 15) is 4.79 Å². The minimum atomic E-state index is -0.339. The smallest absolute Gasteiger partial charge is 0.341 e. The highest BCUT2D eigenvalue weighted by Gasteiger charge is 2.21. The van der Waals surface area contributed by atoms with E-state index >= 15 is 0 Å². The Morgan fingerprint density at radius 1 is 1.53 bits per heavy atom. The van der Waals surface area contributed by atoms with E-state index in [1.54, 1.807) is 13.0 Å². The van der Waals surface area contributed by atoms with E-state index in [-0.39, 0.29) is 5.97 Å². The molecule has 0 aliphatic carbocycles. The molecule has 5 nitrogen and oxygen atoms in total. The minimum absolute atomic E-state index is 0.339. The number of carbonyl (C=O) groups excluding carboxylic acids is 1. The molecule has 0 saturated carbocycles. The standard InChI is InChI=1S/C14H22N2O3/c1-10-13(14(17)18-2)7-12(19-10)9-16-5-3-11(8-15)4-6-16/h7,11H,3-6,8-9,15H2,1-2H3. The molecule has 1 saturated heterocycles. The molecule has 1 aliphatic heterocycles.